The van der Waals surface area contributed by atoms with Crippen molar-refractivity contribution in [2.45, 2.75) is 24.9 Å². The third kappa shape index (κ3) is 2.67. The standard InChI is InChI=1S/C12H16N2OS2/c1-6-16-8-10(1)7-13-11-14-12(9-17-11)2-4-15-5-3-12/h1,6,8H,2-5,7,9H2,(H,13,14). The zero-order valence-corrected chi connectivity index (χ0v) is 11.3. The summed E-state index contributed by atoms with van der Waals surface area (Å²) in [4.78, 5) is 4.65. The van der Waals surface area contributed by atoms with Crippen LogP contribution in [0.2, 0.25) is 0 Å². The maximum absolute atomic E-state index is 5.42. The number of rotatable bonds is 2. The van der Waals surface area contributed by atoms with Crippen molar-refractivity contribution in [3.8, 4) is 0 Å². The first-order valence-electron chi connectivity index (χ1n) is 5.91. The van der Waals surface area contributed by atoms with Gasteiger partial charge in [-0.2, -0.15) is 11.3 Å². The largest absolute Gasteiger partial charge is 0.381 e. The third-order valence-electron chi connectivity index (χ3n) is 3.29. The molecule has 2 fully saturated rings. The molecule has 2 saturated heterocycles. The summed E-state index contributed by atoms with van der Waals surface area (Å²) >= 11 is 3.59. The summed E-state index contributed by atoms with van der Waals surface area (Å²) in [5.41, 5.74) is 1.56. The van der Waals surface area contributed by atoms with Crippen molar-refractivity contribution in [3.05, 3.63) is 22.4 Å². The summed E-state index contributed by atoms with van der Waals surface area (Å²) in [5.74, 6) is 1.14. The molecule has 0 aromatic carbocycles. The van der Waals surface area contributed by atoms with Gasteiger partial charge in [-0.15, -0.1) is 0 Å². The van der Waals surface area contributed by atoms with Crippen molar-refractivity contribution in [2.75, 3.05) is 19.0 Å². The molecule has 0 aliphatic carbocycles. The van der Waals surface area contributed by atoms with Gasteiger partial charge in [0, 0.05) is 19.0 Å². The molecule has 0 bridgehead atoms. The molecule has 3 rings (SSSR count). The lowest BCUT2D eigenvalue weighted by atomic mass is 9.93. The summed E-state index contributed by atoms with van der Waals surface area (Å²) < 4.78 is 5.42. The number of ether oxygens (including phenoxy) is 1. The predicted octanol–water partition coefficient (Wildman–Crippen LogP) is 2.49. The van der Waals surface area contributed by atoms with Gasteiger partial charge in [-0.1, -0.05) is 11.8 Å². The maximum Gasteiger partial charge on any atom is 0.157 e. The number of amidine groups is 1. The highest BCUT2D eigenvalue weighted by atomic mass is 32.2. The second kappa shape index (κ2) is 5.00. The molecule has 1 N–H and O–H groups in total. The van der Waals surface area contributed by atoms with Gasteiger partial charge in [0.05, 0.1) is 12.1 Å². The average Bonchev–Trinajstić information content (AvgIpc) is 2.98. The molecule has 3 heterocycles. The third-order valence-corrected chi connectivity index (χ3v) is 5.23. The van der Waals surface area contributed by atoms with E-state index >= 15 is 0 Å². The van der Waals surface area contributed by atoms with E-state index in [-0.39, 0.29) is 5.54 Å². The molecule has 0 amide bonds. The van der Waals surface area contributed by atoms with Crippen LogP contribution >= 0.6 is 23.1 Å². The van der Waals surface area contributed by atoms with E-state index in [0.29, 0.717) is 0 Å². The predicted molar refractivity (Wildman–Crippen MR) is 73.8 cm³/mol. The average molecular weight is 268 g/mol. The fourth-order valence-electron chi connectivity index (χ4n) is 2.17. The Morgan fingerprint density at radius 2 is 2.29 bits per heavy atom. The van der Waals surface area contributed by atoms with Gasteiger partial charge >= 0.3 is 0 Å². The van der Waals surface area contributed by atoms with E-state index in [1.54, 1.807) is 11.3 Å². The fourth-order valence-corrected chi connectivity index (χ4v) is 4.05. The van der Waals surface area contributed by atoms with Crippen molar-refractivity contribution >= 4 is 28.3 Å². The fraction of sp³-hybridized carbons (Fsp3) is 0.583. The van der Waals surface area contributed by atoms with E-state index in [1.807, 2.05) is 11.8 Å². The molecule has 1 aromatic heterocycles. The Morgan fingerprint density at radius 3 is 3.06 bits per heavy atom. The Balaban J connectivity index is 1.61. The molecule has 0 radical (unpaired) electrons. The molecule has 1 spiro atoms. The Morgan fingerprint density at radius 1 is 1.41 bits per heavy atom. The van der Waals surface area contributed by atoms with Crippen LogP contribution < -0.4 is 5.32 Å². The van der Waals surface area contributed by atoms with E-state index in [0.717, 1.165) is 43.5 Å². The molecule has 92 valence electrons. The Labute approximate surface area is 110 Å². The number of aliphatic imine (C=N–C) groups is 1. The first kappa shape index (κ1) is 11.6. The number of hydrogen-bond donors (Lipinski definition) is 1. The molecular weight excluding hydrogens is 252 g/mol. The molecular formula is C12H16N2OS2. The van der Waals surface area contributed by atoms with E-state index in [1.165, 1.54) is 5.56 Å². The number of nitrogens with one attached hydrogen (secondary N) is 1. The normalized spacial score (nSPS) is 25.3. The highest BCUT2D eigenvalue weighted by molar-refractivity contribution is 8.14. The van der Waals surface area contributed by atoms with Crippen LogP contribution in [0.1, 0.15) is 18.4 Å². The summed E-state index contributed by atoms with van der Waals surface area (Å²) in [7, 11) is 0. The van der Waals surface area contributed by atoms with E-state index in [4.69, 9.17) is 4.74 Å². The van der Waals surface area contributed by atoms with Crippen molar-refractivity contribution in [1.82, 2.24) is 5.32 Å². The Hall–Kier alpha value is -0.520. The van der Waals surface area contributed by atoms with Gasteiger partial charge in [-0.05, 0) is 35.2 Å². The zero-order valence-electron chi connectivity index (χ0n) is 9.65. The van der Waals surface area contributed by atoms with Gasteiger partial charge < -0.3 is 10.1 Å². The molecule has 0 unspecified atom stereocenters. The van der Waals surface area contributed by atoms with Crippen molar-refractivity contribution in [1.29, 1.82) is 0 Å². The Bertz CT molecular complexity index is 397. The lowest BCUT2D eigenvalue weighted by Gasteiger charge is -2.32. The monoisotopic (exact) mass is 268 g/mol. The van der Waals surface area contributed by atoms with Crippen LogP contribution in [0, 0.1) is 0 Å². The van der Waals surface area contributed by atoms with Crippen molar-refractivity contribution in [2.24, 2.45) is 4.99 Å². The van der Waals surface area contributed by atoms with Crippen LogP contribution in [0.3, 0.4) is 0 Å². The van der Waals surface area contributed by atoms with Gasteiger partial charge in [0.25, 0.3) is 0 Å². The van der Waals surface area contributed by atoms with E-state index < -0.39 is 0 Å². The lowest BCUT2D eigenvalue weighted by Crippen LogP contribution is -2.48. The van der Waals surface area contributed by atoms with Crippen LogP contribution in [0.15, 0.2) is 21.8 Å². The van der Waals surface area contributed by atoms with Gasteiger partial charge in [-0.3, -0.25) is 4.99 Å². The molecule has 5 heteroatoms. The molecule has 0 saturated carbocycles. The van der Waals surface area contributed by atoms with Crippen molar-refractivity contribution in [3.63, 3.8) is 0 Å². The smallest absolute Gasteiger partial charge is 0.157 e. The molecule has 2 aliphatic rings. The van der Waals surface area contributed by atoms with Gasteiger partial charge in [0.1, 0.15) is 0 Å². The molecule has 2 aliphatic heterocycles. The summed E-state index contributed by atoms with van der Waals surface area (Å²) in [6.07, 6.45) is 2.22. The molecule has 17 heavy (non-hydrogen) atoms. The second-order valence-corrected chi connectivity index (χ2v) is 6.30. The van der Waals surface area contributed by atoms with Crippen LogP contribution in [0.5, 0.6) is 0 Å². The number of nitrogens with zero attached hydrogens (tertiary/aromatic N) is 1. The van der Waals surface area contributed by atoms with Crippen molar-refractivity contribution < 1.29 is 4.74 Å². The molecule has 1 aromatic rings. The van der Waals surface area contributed by atoms with Crippen LogP contribution in [0.4, 0.5) is 0 Å². The van der Waals surface area contributed by atoms with E-state index in [2.05, 4.69) is 27.1 Å². The van der Waals surface area contributed by atoms with Gasteiger partial charge in [0.15, 0.2) is 5.17 Å². The zero-order chi connectivity index (χ0) is 11.6. The quantitative estimate of drug-likeness (QED) is 0.894. The minimum absolute atomic E-state index is 0.260. The minimum Gasteiger partial charge on any atom is -0.381 e. The highest BCUT2D eigenvalue weighted by Gasteiger charge is 2.38. The van der Waals surface area contributed by atoms with E-state index in [9.17, 15) is 0 Å². The van der Waals surface area contributed by atoms with Crippen LogP contribution in [-0.4, -0.2) is 29.7 Å². The minimum atomic E-state index is 0.260. The first-order valence-corrected chi connectivity index (χ1v) is 7.83. The number of hydrogen-bond acceptors (Lipinski definition) is 4. The maximum atomic E-state index is 5.42. The SMILES string of the molecule is c1cc(CN=C2NC3(CCOCC3)CS2)cs1. The number of thiophene rings is 1. The lowest BCUT2D eigenvalue weighted by molar-refractivity contribution is 0.0555. The van der Waals surface area contributed by atoms with Crippen LogP contribution in [-0.2, 0) is 11.3 Å². The topological polar surface area (TPSA) is 33.6 Å². The molecule has 3 nitrogen and oxygen atoms in total. The number of thioether (sulfide) groups is 1. The highest BCUT2D eigenvalue weighted by Crippen LogP contribution is 2.31. The summed E-state index contributed by atoms with van der Waals surface area (Å²) in [6, 6.07) is 2.14. The van der Waals surface area contributed by atoms with Crippen LogP contribution in [0.25, 0.3) is 0 Å². The summed E-state index contributed by atoms with van der Waals surface area (Å²) in [6.45, 7) is 2.56. The molecule has 0 atom stereocenters. The first-order chi connectivity index (χ1) is 8.36. The van der Waals surface area contributed by atoms with Gasteiger partial charge in [-0.25, -0.2) is 0 Å². The Kier molecular flexibility index (Phi) is 3.40. The second-order valence-electron chi connectivity index (χ2n) is 4.56. The summed E-state index contributed by atoms with van der Waals surface area (Å²) in [5, 5.41) is 8.98. The van der Waals surface area contributed by atoms with Gasteiger partial charge in [0.2, 0.25) is 0 Å².